The third-order valence-corrected chi connectivity index (χ3v) is 4.93. The number of carbonyl (C=O) groups is 1. The summed E-state index contributed by atoms with van der Waals surface area (Å²) in [4.78, 5) is 17.1. The molecule has 0 spiro atoms. The second-order valence-corrected chi connectivity index (χ2v) is 7.16. The zero-order valence-corrected chi connectivity index (χ0v) is 15.3. The largest absolute Gasteiger partial charge is 0.360 e. The minimum absolute atomic E-state index is 0.0237. The summed E-state index contributed by atoms with van der Waals surface area (Å²) in [6, 6.07) is 12.7. The number of amides is 1. The topological polar surface area (TPSA) is 49.6 Å². The van der Waals surface area contributed by atoms with Gasteiger partial charge in [-0.1, -0.05) is 49.3 Å². The van der Waals surface area contributed by atoms with Gasteiger partial charge in [0.05, 0.1) is 0 Å². The molecule has 0 N–H and O–H groups in total. The highest BCUT2D eigenvalue weighted by Gasteiger charge is 2.26. The SMILES string of the molecule is CC(C)c1cc(C(=O)N2CC[C@@H](C)N(Cc3ccccc3)CC2)no1. The van der Waals surface area contributed by atoms with Crippen LogP contribution in [-0.4, -0.2) is 46.5 Å². The number of hydrogen-bond donors (Lipinski definition) is 0. The molecule has 1 saturated heterocycles. The molecule has 1 aliphatic rings. The van der Waals surface area contributed by atoms with Crippen LogP contribution in [0.25, 0.3) is 0 Å². The van der Waals surface area contributed by atoms with E-state index in [1.54, 1.807) is 6.07 Å². The van der Waals surface area contributed by atoms with Gasteiger partial charge >= 0.3 is 0 Å². The molecule has 0 unspecified atom stereocenters. The van der Waals surface area contributed by atoms with Gasteiger partial charge in [-0.3, -0.25) is 9.69 Å². The van der Waals surface area contributed by atoms with E-state index in [1.165, 1.54) is 5.56 Å². The third kappa shape index (κ3) is 4.28. The molecule has 1 atom stereocenters. The molecule has 134 valence electrons. The first kappa shape index (κ1) is 17.7. The van der Waals surface area contributed by atoms with Crippen molar-refractivity contribution in [3.8, 4) is 0 Å². The van der Waals surface area contributed by atoms with Gasteiger partial charge in [0.25, 0.3) is 5.91 Å². The van der Waals surface area contributed by atoms with E-state index in [0.717, 1.165) is 38.4 Å². The lowest BCUT2D eigenvalue weighted by Crippen LogP contribution is -2.36. The summed E-state index contributed by atoms with van der Waals surface area (Å²) in [5, 5.41) is 3.97. The van der Waals surface area contributed by atoms with E-state index in [0.29, 0.717) is 11.7 Å². The maximum absolute atomic E-state index is 12.7. The van der Waals surface area contributed by atoms with E-state index in [-0.39, 0.29) is 11.8 Å². The Morgan fingerprint density at radius 1 is 1.24 bits per heavy atom. The summed E-state index contributed by atoms with van der Waals surface area (Å²) in [6.07, 6.45) is 0.966. The fourth-order valence-corrected chi connectivity index (χ4v) is 3.19. The van der Waals surface area contributed by atoms with Crippen LogP contribution >= 0.6 is 0 Å². The van der Waals surface area contributed by atoms with Gasteiger partial charge in [-0.25, -0.2) is 0 Å². The fraction of sp³-hybridized carbons (Fsp3) is 0.500. The van der Waals surface area contributed by atoms with E-state index < -0.39 is 0 Å². The van der Waals surface area contributed by atoms with E-state index in [4.69, 9.17) is 4.52 Å². The fourth-order valence-electron chi connectivity index (χ4n) is 3.19. The number of aromatic nitrogens is 1. The van der Waals surface area contributed by atoms with E-state index in [9.17, 15) is 4.79 Å². The molecule has 1 aromatic carbocycles. The summed E-state index contributed by atoms with van der Waals surface area (Å²) in [6.45, 7) is 9.58. The number of rotatable bonds is 4. The first-order valence-electron chi connectivity index (χ1n) is 9.08. The van der Waals surface area contributed by atoms with Gasteiger partial charge in [-0.2, -0.15) is 0 Å². The standard InChI is InChI=1S/C20H27N3O2/c1-15(2)19-13-18(21-25-19)20(24)22-10-9-16(3)23(12-11-22)14-17-7-5-4-6-8-17/h4-8,13,15-16H,9-12,14H2,1-3H3/t16-/m1/s1. The van der Waals surface area contributed by atoms with Gasteiger partial charge in [0, 0.05) is 44.2 Å². The van der Waals surface area contributed by atoms with Crippen molar-refractivity contribution < 1.29 is 9.32 Å². The van der Waals surface area contributed by atoms with Crippen LogP contribution in [0.5, 0.6) is 0 Å². The van der Waals surface area contributed by atoms with Crippen molar-refractivity contribution in [3.05, 3.63) is 53.4 Å². The van der Waals surface area contributed by atoms with E-state index >= 15 is 0 Å². The maximum atomic E-state index is 12.7. The predicted octanol–water partition coefficient (Wildman–Crippen LogP) is 3.53. The smallest absolute Gasteiger partial charge is 0.276 e. The first-order valence-corrected chi connectivity index (χ1v) is 9.08. The Hall–Kier alpha value is -2.14. The third-order valence-electron chi connectivity index (χ3n) is 4.93. The molecule has 0 bridgehead atoms. The molecule has 0 radical (unpaired) electrons. The molecule has 25 heavy (non-hydrogen) atoms. The number of hydrogen-bond acceptors (Lipinski definition) is 4. The van der Waals surface area contributed by atoms with Crippen LogP contribution in [0.3, 0.4) is 0 Å². The highest BCUT2D eigenvalue weighted by molar-refractivity contribution is 5.92. The molecule has 2 aromatic rings. The van der Waals surface area contributed by atoms with Crippen molar-refractivity contribution in [1.29, 1.82) is 0 Å². The average molecular weight is 341 g/mol. The number of benzene rings is 1. The Morgan fingerprint density at radius 2 is 2.00 bits per heavy atom. The minimum Gasteiger partial charge on any atom is -0.360 e. The Kier molecular flexibility index (Phi) is 5.53. The van der Waals surface area contributed by atoms with Crippen LogP contribution in [0.4, 0.5) is 0 Å². The lowest BCUT2D eigenvalue weighted by molar-refractivity contribution is 0.0750. The van der Waals surface area contributed by atoms with Crippen molar-refractivity contribution >= 4 is 5.91 Å². The van der Waals surface area contributed by atoms with Gasteiger partial charge < -0.3 is 9.42 Å². The molecule has 5 nitrogen and oxygen atoms in total. The van der Waals surface area contributed by atoms with Crippen LogP contribution in [0.15, 0.2) is 40.9 Å². The van der Waals surface area contributed by atoms with Crippen LogP contribution in [0, 0.1) is 0 Å². The Morgan fingerprint density at radius 3 is 2.68 bits per heavy atom. The molecular weight excluding hydrogens is 314 g/mol. The van der Waals surface area contributed by atoms with Crippen LogP contribution in [0.2, 0.25) is 0 Å². The minimum atomic E-state index is -0.0237. The van der Waals surface area contributed by atoms with Crippen molar-refractivity contribution in [2.75, 3.05) is 19.6 Å². The quantitative estimate of drug-likeness (QED) is 0.853. The molecule has 1 aromatic heterocycles. The van der Waals surface area contributed by atoms with Gasteiger partial charge in [0.15, 0.2) is 5.69 Å². The molecule has 1 aliphatic heterocycles. The van der Waals surface area contributed by atoms with E-state index in [2.05, 4.69) is 41.2 Å². The van der Waals surface area contributed by atoms with Crippen molar-refractivity contribution in [2.45, 2.75) is 45.7 Å². The molecule has 1 fully saturated rings. The molecule has 2 heterocycles. The van der Waals surface area contributed by atoms with Gasteiger partial charge in [-0.15, -0.1) is 0 Å². The molecule has 3 rings (SSSR count). The molecule has 5 heteroatoms. The summed E-state index contributed by atoms with van der Waals surface area (Å²) in [5.74, 6) is 0.973. The average Bonchev–Trinajstić information content (AvgIpc) is 3.04. The van der Waals surface area contributed by atoms with Crippen LogP contribution in [0.1, 0.15) is 54.9 Å². The summed E-state index contributed by atoms with van der Waals surface area (Å²) >= 11 is 0. The lowest BCUT2D eigenvalue weighted by Gasteiger charge is -2.26. The lowest BCUT2D eigenvalue weighted by atomic mass is 10.1. The molecule has 0 aliphatic carbocycles. The maximum Gasteiger partial charge on any atom is 0.276 e. The molecule has 0 saturated carbocycles. The second-order valence-electron chi connectivity index (χ2n) is 7.16. The van der Waals surface area contributed by atoms with Crippen molar-refractivity contribution in [3.63, 3.8) is 0 Å². The number of nitrogens with zero attached hydrogens (tertiary/aromatic N) is 3. The van der Waals surface area contributed by atoms with Gasteiger partial charge in [0.2, 0.25) is 0 Å². The zero-order valence-electron chi connectivity index (χ0n) is 15.3. The summed E-state index contributed by atoms with van der Waals surface area (Å²) in [7, 11) is 0. The van der Waals surface area contributed by atoms with Crippen LogP contribution < -0.4 is 0 Å². The normalized spacial score (nSPS) is 19.2. The van der Waals surface area contributed by atoms with Gasteiger partial charge in [0.1, 0.15) is 5.76 Å². The monoisotopic (exact) mass is 341 g/mol. The van der Waals surface area contributed by atoms with Gasteiger partial charge in [-0.05, 0) is 18.9 Å². The highest BCUT2D eigenvalue weighted by Crippen LogP contribution is 2.19. The number of carbonyl (C=O) groups excluding carboxylic acids is 1. The molecular formula is C20H27N3O2. The highest BCUT2D eigenvalue weighted by atomic mass is 16.5. The first-order chi connectivity index (χ1) is 12.0. The summed E-state index contributed by atoms with van der Waals surface area (Å²) < 4.78 is 5.28. The van der Waals surface area contributed by atoms with Crippen molar-refractivity contribution in [2.24, 2.45) is 0 Å². The van der Waals surface area contributed by atoms with Crippen LogP contribution in [-0.2, 0) is 6.54 Å². The van der Waals surface area contributed by atoms with Crippen molar-refractivity contribution in [1.82, 2.24) is 15.0 Å². The summed E-state index contributed by atoms with van der Waals surface area (Å²) in [5.41, 5.74) is 1.74. The Balaban J connectivity index is 1.64. The van der Waals surface area contributed by atoms with E-state index in [1.807, 2.05) is 24.8 Å². The molecule has 1 amide bonds. The predicted molar refractivity (Wildman–Crippen MR) is 97.4 cm³/mol. The second kappa shape index (κ2) is 7.83. The Labute approximate surface area is 149 Å². The Bertz CT molecular complexity index is 696. The zero-order chi connectivity index (χ0) is 17.8.